The zero-order valence-electron chi connectivity index (χ0n) is 13.8. The maximum atomic E-state index is 5.84. The molecule has 0 saturated heterocycles. The Hall–Kier alpha value is -2.06. The summed E-state index contributed by atoms with van der Waals surface area (Å²) < 4.78 is 5.84. The van der Waals surface area contributed by atoms with Crippen LogP contribution in [0.4, 0.5) is 0 Å². The van der Waals surface area contributed by atoms with E-state index in [2.05, 4.69) is 72.9 Å². The van der Waals surface area contributed by atoms with Crippen molar-refractivity contribution in [2.24, 2.45) is 5.92 Å². The zero-order valence-corrected chi connectivity index (χ0v) is 13.8. The van der Waals surface area contributed by atoms with Crippen molar-refractivity contribution < 1.29 is 4.74 Å². The lowest BCUT2D eigenvalue weighted by Crippen LogP contribution is -2.20. The van der Waals surface area contributed by atoms with Crippen molar-refractivity contribution in [2.75, 3.05) is 6.54 Å². The van der Waals surface area contributed by atoms with Gasteiger partial charge in [0, 0.05) is 13.1 Å². The molecule has 2 aromatic rings. The van der Waals surface area contributed by atoms with Gasteiger partial charge in [-0.3, -0.25) is 0 Å². The van der Waals surface area contributed by atoms with Crippen LogP contribution in [0.1, 0.15) is 29.5 Å². The van der Waals surface area contributed by atoms with Crippen LogP contribution in [0, 0.1) is 12.8 Å². The summed E-state index contributed by atoms with van der Waals surface area (Å²) in [6.45, 7) is 4.71. The van der Waals surface area contributed by atoms with E-state index in [1.54, 1.807) is 0 Å². The molecule has 0 saturated carbocycles. The second kappa shape index (κ2) is 7.98. The van der Waals surface area contributed by atoms with Crippen LogP contribution < -0.4 is 10.1 Å². The SMILES string of the molecule is Cc1ccc(COc2ccc(CNCC3C=CCC3)cc2)cc1. The highest BCUT2D eigenvalue weighted by Crippen LogP contribution is 2.17. The second-order valence-corrected chi connectivity index (χ2v) is 6.31. The summed E-state index contributed by atoms with van der Waals surface area (Å²) in [5.41, 5.74) is 3.78. The van der Waals surface area contributed by atoms with Crippen LogP contribution in [0.2, 0.25) is 0 Å². The minimum absolute atomic E-state index is 0.617. The average molecular weight is 307 g/mol. The smallest absolute Gasteiger partial charge is 0.119 e. The number of rotatable bonds is 7. The predicted octanol–water partition coefficient (Wildman–Crippen LogP) is 4.63. The average Bonchev–Trinajstić information content (AvgIpc) is 3.09. The van der Waals surface area contributed by atoms with E-state index >= 15 is 0 Å². The third-order valence-corrected chi connectivity index (χ3v) is 4.30. The zero-order chi connectivity index (χ0) is 15.9. The first-order valence-corrected chi connectivity index (χ1v) is 8.44. The van der Waals surface area contributed by atoms with Gasteiger partial charge in [0.1, 0.15) is 12.4 Å². The summed E-state index contributed by atoms with van der Waals surface area (Å²) >= 11 is 0. The Kier molecular flexibility index (Phi) is 5.49. The topological polar surface area (TPSA) is 21.3 Å². The van der Waals surface area contributed by atoms with E-state index in [0.29, 0.717) is 12.5 Å². The van der Waals surface area contributed by atoms with Crippen LogP contribution >= 0.6 is 0 Å². The van der Waals surface area contributed by atoms with Crippen LogP contribution in [-0.2, 0) is 13.2 Å². The molecule has 0 aromatic heterocycles. The van der Waals surface area contributed by atoms with Gasteiger partial charge in [-0.05, 0) is 48.9 Å². The molecule has 1 aliphatic rings. The summed E-state index contributed by atoms with van der Waals surface area (Å²) in [5.74, 6) is 1.64. The first-order chi connectivity index (χ1) is 11.3. The van der Waals surface area contributed by atoms with Crippen molar-refractivity contribution in [2.45, 2.75) is 32.9 Å². The quantitative estimate of drug-likeness (QED) is 0.753. The summed E-state index contributed by atoms with van der Waals surface area (Å²) in [5, 5.41) is 3.53. The fraction of sp³-hybridized carbons (Fsp3) is 0.333. The van der Waals surface area contributed by atoms with E-state index in [1.165, 1.54) is 29.5 Å². The molecule has 0 aliphatic heterocycles. The lowest BCUT2D eigenvalue weighted by Gasteiger charge is -2.10. The van der Waals surface area contributed by atoms with Gasteiger partial charge in [-0.1, -0.05) is 54.1 Å². The van der Waals surface area contributed by atoms with Crippen LogP contribution in [0.3, 0.4) is 0 Å². The molecule has 1 unspecified atom stereocenters. The maximum Gasteiger partial charge on any atom is 0.119 e. The van der Waals surface area contributed by atoms with Gasteiger partial charge >= 0.3 is 0 Å². The third-order valence-electron chi connectivity index (χ3n) is 4.30. The van der Waals surface area contributed by atoms with Crippen molar-refractivity contribution in [3.05, 3.63) is 77.4 Å². The molecule has 2 aromatic carbocycles. The molecular weight excluding hydrogens is 282 g/mol. The lowest BCUT2D eigenvalue weighted by molar-refractivity contribution is 0.306. The number of aryl methyl sites for hydroxylation is 1. The molecule has 1 aliphatic carbocycles. The molecule has 0 heterocycles. The predicted molar refractivity (Wildman–Crippen MR) is 95.5 cm³/mol. The highest BCUT2D eigenvalue weighted by molar-refractivity contribution is 5.28. The normalized spacial score (nSPS) is 16.7. The summed E-state index contributed by atoms with van der Waals surface area (Å²) in [6.07, 6.45) is 7.14. The van der Waals surface area contributed by atoms with Crippen molar-refractivity contribution in [1.82, 2.24) is 5.32 Å². The van der Waals surface area contributed by atoms with Gasteiger partial charge in [0.2, 0.25) is 0 Å². The summed E-state index contributed by atoms with van der Waals surface area (Å²) in [4.78, 5) is 0. The Labute approximate surface area is 139 Å². The molecule has 120 valence electrons. The van der Waals surface area contributed by atoms with E-state index in [0.717, 1.165) is 18.8 Å². The number of allylic oxidation sites excluding steroid dienone is 1. The third kappa shape index (κ3) is 4.97. The van der Waals surface area contributed by atoms with Gasteiger partial charge < -0.3 is 10.1 Å². The lowest BCUT2D eigenvalue weighted by atomic mass is 10.1. The van der Waals surface area contributed by atoms with Crippen molar-refractivity contribution >= 4 is 0 Å². The van der Waals surface area contributed by atoms with Gasteiger partial charge in [-0.2, -0.15) is 0 Å². The van der Waals surface area contributed by atoms with Gasteiger partial charge in [-0.25, -0.2) is 0 Å². The molecule has 23 heavy (non-hydrogen) atoms. The van der Waals surface area contributed by atoms with Crippen LogP contribution in [0.15, 0.2) is 60.7 Å². The number of benzene rings is 2. The molecule has 2 heteroatoms. The number of hydrogen-bond acceptors (Lipinski definition) is 2. The van der Waals surface area contributed by atoms with Crippen molar-refractivity contribution in [3.63, 3.8) is 0 Å². The minimum Gasteiger partial charge on any atom is -0.489 e. The van der Waals surface area contributed by atoms with Gasteiger partial charge in [0.05, 0.1) is 0 Å². The van der Waals surface area contributed by atoms with Crippen LogP contribution in [-0.4, -0.2) is 6.54 Å². The standard InChI is InChI=1S/C21H25NO/c1-17-6-8-20(9-7-17)16-23-21-12-10-19(11-13-21)15-22-14-18-4-2-3-5-18/h2,4,6-13,18,22H,3,5,14-16H2,1H3. The van der Waals surface area contributed by atoms with E-state index in [9.17, 15) is 0 Å². The first-order valence-electron chi connectivity index (χ1n) is 8.44. The van der Waals surface area contributed by atoms with E-state index in [1.807, 2.05) is 0 Å². The first kappa shape index (κ1) is 15.8. The fourth-order valence-corrected chi connectivity index (χ4v) is 2.82. The molecular formula is C21H25NO. The van der Waals surface area contributed by atoms with E-state index in [4.69, 9.17) is 4.74 Å². The molecule has 0 spiro atoms. The number of ether oxygens (including phenoxy) is 1. The van der Waals surface area contributed by atoms with Gasteiger partial charge in [0.25, 0.3) is 0 Å². The van der Waals surface area contributed by atoms with Gasteiger partial charge in [0.15, 0.2) is 0 Å². The highest BCUT2D eigenvalue weighted by atomic mass is 16.5. The second-order valence-electron chi connectivity index (χ2n) is 6.31. The fourth-order valence-electron chi connectivity index (χ4n) is 2.82. The van der Waals surface area contributed by atoms with Gasteiger partial charge in [-0.15, -0.1) is 0 Å². The minimum atomic E-state index is 0.617. The molecule has 0 amide bonds. The molecule has 0 bridgehead atoms. The van der Waals surface area contributed by atoms with E-state index < -0.39 is 0 Å². The number of nitrogens with one attached hydrogen (secondary N) is 1. The van der Waals surface area contributed by atoms with Crippen LogP contribution in [0.25, 0.3) is 0 Å². The Bertz CT molecular complexity index is 628. The van der Waals surface area contributed by atoms with Crippen molar-refractivity contribution in [1.29, 1.82) is 0 Å². The molecule has 0 radical (unpaired) electrons. The van der Waals surface area contributed by atoms with Crippen LogP contribution in [0.5, 0.6) is 5.75 Å². The largest absolute Gasteiger partial charge is 0.489 e. The maximum absolute atomic E-state index is 5.84. The summed E-state index contributed by atoms with van der Waals surface area (Å²) in [7, 11) is 0. The molecule has 1 atom stereocenters. The Morgan fingerprint density at radius 3 is 2.43 bits per heavy atom. The Morgan fingerprint density at radius 1 is 1.00 bits per heavy atom. The monoisotopic (exact) mass is 307 g/mol. The molecule has 3 rings (SSSR count). The van der Waals surface area contributed by atoms with E-state index in [-0.39, 0.29) is 0 Å². The molecule has 1 N–H and O–H groups in total. The van der Waals surface area contributed by atoms with Crippen molar-refractivity contribution in [3.8, 4) is 5.75 Å². The Balaban J connectivity index is 1.43. The summed E-state index contributed by atoms with van der Waals surface area (Å²) in [6, 6.07) is 16.9. The molecule has 0 fully saturated rings. The highest BCUT2D eigenvalue weighted by Gasteiger charge is 2.07. The Morgan fingerprint density at radius 2 is 1.74 bits per heavy atom. The number of hydrogen-bond donors (Lipinski definition) is 1. The molecule has 2 nitrogen and oxygen atoms in total.